The van der Waals surface area contributed by atoms with Crippen molar-refractivity contribution in [3.05, 3.63) is 59.2 Å². The summed E-state index contributed by atoms with van der Waals surface area (Å²) in [6.07, 6.45) is 2.83. The van der Waals surface area contributed by atoms with Gasteiger partial charge in [0.2, 0.25) is 0 Å². The molecule has 0 radical (unpaired) electrons. The van der Waals surface area contributed by atoms with Crippen molar-refractivity contribution in [2.24, 2.45) is 5.41 Å². The van der Waals surface area contributed by atoms with Crippen LogP contribution in [0.1, 0.15) is 31.7 Å². The molecule has 0 aliphatic carbocycles. The fourth-order valence-electron chi connectivity index (χ4n) is 3.96. The molecule has 3 fully saturated rings. The van der Waals surface area contributed by atoms with Gasteiger partial charge in [-0.2, -0.15) is 0 Å². The maximum absolute atomic E-state index is 14.6. The van der Waals surface area contributed by atoms with Gasteiger partial charge in [-0.05, 0) is 42.2 Å². The molecule has 2 aromatic rings. The molecule has 29 heavy (non-hydrogen) atoms. The van der Waals surface area contributed by atoms with Gasteiger partial charge in [0, 0.05) is 17.4 Å². The first-order valence-corrected chi connectivity index (χ1v) is 9.71. The monoisotopic (exact) mass is 410 g/mol. The lowest BCUT2D eigenvalue weighted by Crippen LogP contribution is -2.60. The highest BCUT2D eigenvalue weighted by Gasteiger charge is 2.51. The second-order valence-electron chi connectivity index (χ2n) is 7.87. The van der Waals surface area contributed by atoms with Crippen molar-refractivity contribution >= 4 is 0 Å². The summed E-state index contributed by atoms with van der Waals surface area (Å²) < 4.78 is 72.1. The Labute approximate surface area is 166 Å². The maximum atomic E-state index is 14.6. The van der Waals surface area contributed by atoms with Crippen molar-refractivity contribution in [1.29, 1.82) is 0 Å². The predicted molar refractivity (Wildman–Crippen MR) is 98.0 cm³/mol. The van der Waals surface area contributed by atoms with E-state index in [2.05, 4.69) is 6.92 Å². The third kappa shape index (κ3) is 3.91. The van der Waals surface area contributed by atoms with Gasteiger partial charge in [-0.1, -0.05) is 25.5 Å². The molecule has 0 amide bonds. The van der Waals surface area contributed by atoms with Crippen LogP contribution in [0.3, 0.4) is 0 Å². The zero-order valence-electron chi connectivity index (χ0n) is 16.1. The smallest absolute Gasteiger partial charge is 0.283 e. The van der Waals surface area contributed by atoms with Gasteiger partial charge >= 0.3 is 0 Å². The maximum Gasteiger partial charge on any atom is 0.283 e. The van der Waals surface area contributed by atoms with Gasteiger partial charge in [-0.25, -0.2) is 17.6 Å². The normalized spacial score (nSPS) is 26.1. The van der Waals surface area contributed by atoms with Crippen LogP contribution in [-0.4, -0.2) is 25.8 Å². The van der Waals surface area contributed by atoms with E-state index in [1.165, 1.54) is 12.1 Å². The number of benzene rings is 2. The van der Waals surface area contributed by atoms with E-state index in [0.717, 1.165) is 25.0 Å². The van der Waals surface area contributed by atoms with Crippen LogP contribution in [0.4, 0.5) is 17.6 Å². The Morgan fingerprint density at radius 2 is 1.45 bits per heavy atom. The van der Waals surface area contributed by atoms with Crippen molar-refractivity contribution < 1.29 is 31.8 Å². The number of halogens is 4. The van der Waals surface area contributed by atoms with E-state index < -0.39 is 29.2 Å². The van der Waals surface area contributed by atoms with Crippen LogP contribution in [-0.2, 0) is 20.6 Å². The van der Waals surface area contributed by atoms with Gasteiger partial charge in [0.05, 0.1) is 19.8 Å². The van der Waals surface area contributed by atoms with Crippen LogP contribution in [0, 0.1) is 28.7 Å². The minimum Gasteiger partial charge on any atom is -0.327 e. The van der Waals surface area contributed by atoms with Gasteiger partial charge < -0.3 is 14.2 Å². The molecule has 2 bridgehead atoms. The number of rotatable bonds is 6. The van der Waals surface area contributed by atoms with Crippen molar-refractivity contribution in [2.75, 3.05) is 19.8 Å². The van der Waals surface area contributed by atoms with Gasteiger partial charge in [0.1, 0.15) is 5.82 Å². The lowest BCUT2D eigenvalue weighted by atomic mass is 9.84. The Hall–Kier alpha value is -1.96. The summed E-state index contributed by atoms with van der Waals surface area (Å²) in [5.41, 5.74) is 0.513. The molecule has 7 heteroatoms. The number of hydrogen-bond donors (Lipinski definition) is 0. The minimum absolute atomic E-state index is 0.00635. The van der Waals surface area contributed by atoms with E-state index in [9.17, 15) is 17.6 Å². The first-order chi connectivity index (χ1) is 13.9. The molecule has 3 nitrogen and oxygen atoms in total. The Bertz CT molecular complexity index is 867. The van der Waals surface area contributed by atoms with E-state index in [4.69, 9.17) is 14.2 Å². The highest BCUT2D eigenvalue weighted by atomic mass is 19.2. The number of aryl methyl sites for hydroxylation is 1. The van der Waals surface area contributed by atoms with Crippen molar-refractivity contribution in [3.8, 4) is 11.1 Å². The van der Waals surface area contributed by atoms with Crippen LogP contribution >= 0.6 is 0 Å². The Balaban J connectivity index is 1.45. The molecule has 3 aliphatic heterocycles. The second kappa shape index (κ2) is 7.70. The lowest BCUT2D eigenvalue weighted by molar-refractivity contribution is -0.470. The molecule has 2 aromatic carbocycles. The highest BCUT2D eigenvalue weighted by Crippen LogP contribution is 2.43. The van der Waals surface area contributed by atoms with E-state index in [0.29, 0.717) is 38.2 Å². The van der Waals surface area contributed by atoms with Gasteiger partial charge in [0.25, 0.3) is 5.97 Å². The molecule has 156 valence electrons. The minimum atomic E-state index is -1.58. The van der Waals surface area contributed by atoms with E-state index in [1.807, 2.05) is 0 Å². The highest BCUT2D eigenvalue weighted by molar-refractivity contribution is 5.64. The number of fused-ring (bicyclic) bond motifs is 3. The summed E-state index contributed by atoms with van der Waals surface area (Å²) in [4.78, 5) is 0. The molecule has 3 saturated heterocycles. The average molecular weight is 410 g/mol. The second-order valence-corrected chi connectivity index (χ2v) is 7.87. The topological polar surface area (TPSA) is 27.7 Å². The van der Waals surface area contributed by atoms with E-state index >= 15 is 0 Å². The Kier molecular flexibility index (Phi) is 5.40. The first kappa shape index (κ1) is 20.3. The van der Waals surface area contributed by atoms with Crippen molar-refractivity contribution in [2.45, 2.75) is 38.6 Å². The molecule has 0 atom stereocenters. The molecule has 0 N–H and O–H groups in total. The third-order valence-corrected chi connectivity index (χ3v) is 5.62. The SMILES string of the molecule is CCCC12COC(CCc3ccc(-c4cc(F)c(F)c(F)c4)c(F)c3)(OC1)OC2. The Morgan fingerprint density at radius 1 is 0.828 bits per heavy atom. The first-order valence-electron chi connectivity index (χ1n) is 9.71. The van der Waals surface area contributed by atoms with Crippen LogP contribution in [0.5, 0.6) is 0 Å². The largest absolute Gasteiger partial charge is 0.327 e. The standard InChI is InChI=1S/C22H22F4O3/c1-2-6-21-11-27-22(28-12-21,29-13-21)7-5-14-3-4-16(17(23)8-14)15-9-18(24)20(26)19(25)10-15/h3-4,8-10H,2,5-7,11-13H2,1H3. The summed E-state index contributed by atoms with van der Waals surface area (Å²) in [6.45, 7) is 3.85. The molecule has 0 unspecified atom stereocenters. The number of hydrogen-bond acceptors (Lipinski definition) is 3. The molecule has 3 heterocycles. The summed E-state index contributed by atoms with van der Waals surface area (Å²) in [5.74, 6) is -6.05. The molecule has 5 rings (SSSR count). The fraction of sp³-hybridized carbons (Fsp3) is 0.455. The summed E-state index contributed by atoms with van der Waals surface area (Å²) in [5, 5.41) is 0. The van der Waals surface area contributed by atoms with Crippen molar-refractivity contribution in [3.63, 3.8) is 0 Å². The lowest BCUT2D eigenvalue weighted by Gasteiger charge is -2.52. The van der Waals surface area contributed by atoms with Gasteiger partial charge in [-0.15, -0.1) is 0 Å². The van der Waals surface area contributed by atoms with Crippen LogP contribution in [0.25, 0.3) is 11.1 Å². The fourth-order valence-corrected chi connectivity index (χ4v) is 3.96. The zero-order valence-corrected chi connectivity index (χ0v) is 16.1. The molecule has 0 aromatic heterocycles. The molecule has 3 aliphatic rings. The summed E-state index contributed by atoms with van der Waals surface area (Å²) in [6, 6.07) is 5.92. The van der Waals surface area contributed by atoms with E-state index in [-0.39, 0.29) is 16.5 Å². The summed E-state index contributed by atoms with van der Waals surface area (Å²) >= 11 is 0. The summed E-state index contributed by atoms with van der Waals surface area (Å²) in [7, 11) is 0. The average Bonchev–Trinajstić information content (AvgIpc) is 2.72. The predicted octanol–water partition coefficient (Wildman–Crippen LogP) is 5.36. The molecular formula is C22H22F4O3. The third-order valence-electron chi connectivity index (χ3n) is 5.62. The van der Waals surface area contributed by atoms with E-state index in [1.54, 1.807) is 6.07 Å². The zero-order chi connectivity index (χ0) is 20.6. The van der Waals surface area contributed by atoms with Crippen LogP contribution in [0.2, 0.25) is 0 Å². The van der Waals surface area contributed by atoms with Crippen LogP contribution in [0.15, 0.2) is 30.3 Å². The van der Waals surface area contributed by atoms with Gasteiger partial charge in [-0.3, -0.25) is 0 Å². The van der Waals surface area contributed by atoms with Gasteiger partial charge in [0.15, 0.2) is 17.5 Å². The molecule has 0 spiro atoms. The van der Waals surface area contributed by atoms with Crippen LogP contribution < -0.4 is 0 Å². The van der Waals surface area contributed by atoms with Crippen molar-refractivity contribution in [1.82, 2.24) is 0 Å². The Morgan fingerprint density at radius 3 is 2.00 bits per heavy atom. The number of ether oxygens (including phenoxy) is 3. The molecule has 0 saturated carbocycles. The quantitative estimate of drug-likeness (QED) is 0.474. The molecular weight excluding hydrogens is 388 g/mol.